The van der Waals surface area contributed by atoms with Gasteiger partial charge in [0.2, 0.25) is 8.32 Å². The van der Waals surface area contributed by atoms with Crippen molar-refractivity contribution in [3.05, 3.63) is 29.3 Å². The summed E-state index contributed by atoms with van der Waals surface area (Å²) < 4.78 is 6.24. The van der Waals surface area contributed by atoms with E-state index in [-0.39, 0.29) is 5.41 Å². The number of hydrogen-bond acceptors (Lipinski definition) is 3. The normalized spacial score (nSPS) is 34.8. The van der Waals surface area contributed by atoms with Crippen molar-refractivity contribution in [1.29, 1.82) is 0 Å². The highest BCUT2D eigenvalue weighted by Gasteiger charge is 2.53. The average Bonchev–Trinajstić information content (AvgIpc) is 2.90. The fourth-order valence-corrected chi connectivity index (χ4v) is 6.86. The van der Waals surface area contributed by atoms with E-state index in [2.05, 4.69) is 49.9 Å². The summed E-state index contributed by atoms with van der Waals surface area (Å²) in [6, 6.07) is 6.94. The number of hydrogen-bond donors (Lipinski definition) is 0. The molecule has 0 radical (unpaired) electrons. The summed E-state index contributed by atoms with van der Waals surface area (Å²) in [6.07, 6.45) is 7.44. The summed E-state index contributed by atoms with van der Waals surface area (Å²) >= 11 is 0. The van der Waals surface area contributed by atoms with Crippen molar-refractivity contribution in [2.24, 2.45) is 22.4 Å². The SMILES string of the molecule is CO/N=C1/CC[C@H]2[C@@H]3CCc4cc(O[Si](C)(C)C)ccc4[C@H]3CC[C@]12C. The van der Waals surface area contributed by atoms with Crippen molar-refractivity contribution >= 4 is 14.0 Å². The number of aryl methyl sites for hydroxylation is 1. The Morgan fingerprint density at radius 1 is 1.12 bits per heavy atom. The Morgan fingerprint density at radius 3 is 2.65 bits per heavy atom. The topological polar surface area (TPSA) is 30.8 Å². The van der Waals surface area contributed by atoms with Gasteiger partial charge in [-0.25, -0.2) is 0 Å². The maximum Gasteiger partial charge on any atom is 0.242 e. The van der Waals surface area contributed by atoms with E-state index in [4.69, 9.17) is 9.26 Å². The van der Waals surface area contributed by atoms with Crippen LogP contribution in [0.2, 0.25) is 19.6 Å². The number of nitrogens with zero attached hydrogens (tertiary/aromatic N) is 1. The Morgan fingerprint density at radius 2 is 1.92 bits per heavy atom. The maximum absolute atomic E-state index is 6.24. The Kier molecular flexibility index (Phi) is 4.45. The van der Waals surface area contributed by atoms with Crippen LogP contribution in [0.4, 0.5) is 0 Å². The minimum atomic E-state index is -1.55. The van der Waals surface area contributed by atoms with E-state index in [9.17, 15) is 0 Å². The van der Waals surface area contributed by atoms with Gasteiger partial charge in [0, 0.05) is 5.41 Å². The number of oxime groups is 1. The van der Waals surface area contributed by atoms with Gasteiger partial charge in [-0.2, -0.15) is 0 Å². The van der Waals surface area contributed by atoms with Gasteiger partial charge in [0.1, 0.15) is 12.9 Å². The molecule has 3 aliphatic carbocycles. The quantitative estimate of drug-likeness (QED) is 0.499. The second-order valence-corrected chi connectivity index (χ2v) is 14.1. The minimum Gasteiger partial charge on any atom is -0.544 e. The Bertz CT molecular complexity index is 723. The smallest absolute Gasteiger partial charge is 0.242 e. The third-order valence-corrected chi connectivity index (χ3v) is 7.91. The van der Waals surface area contributed by atoms with Crippen LogP contribution >= 0.6 is 0 Å². The van der Waals surface area contributed by atoms with Gasteiger partial charge in [0.15, 0.2) is 0 Å². The predicted molar refractivity (Wildman–Crippen MR) is 109 cm³/mol. The molecule has 0 amide bonds. The van der Waals surface area contributed by atoms with Crippen molar-refractivity contribution in [3.63, 3.8) is 0 Å². The molecule has 4 heteroatoms. The highest BCUT2D eigenvalue weighted by atomic mass is 28.4. The van der Waals surface area contributed by atoms with Crippen LogP contribution in [0.5, 0.6) is 5.75 Å². The molecule has 0 bridgehead atoms. The molecule has 0 aromatic heterocycles. The first-order valence-electron chi connectivity index (χ1n) is 10.2. The maximum atomic E-state index is 6.24. The van der Waals surface area contributed by atoms with Crippen LogP contribution in [0.15, 0.2) is 23.4 Å². The molecular weight excluding hydrogens is 338 g/mol. The molecule has 3 nitrogen and oxygen atoms in total. The van der Waals surface area contributed by atoms with Gasteiger partial charge in [-0.05, 0) is 99.2 Å². The fourth-order valence-electron chi connectivity index (χ4n) is 6.02. The Balaban J connectivity index is 1.60. The highest BCUT2D eigenvalue weighted by molar-refractivity contribution is 6.70. The second-order valence-electron chi connectivity index (χ2n) is 9.71. The van der Waals surface area contributed by atoms with Crippen molar-refractivity contribution in [3.8, 4) is 5.75 Å². The van der Waals surface area contributed by atoms with E-state index in [1.165, 1.54) is 43.4 Å². The van der Waals surface area contributed by atoms with Crippen LogP contribution in [0.1, 0.15) is 56.1 Å². The Hall–Kier alpha value is -1.29. The van der Waals surface area contributed by atoms with Gasteiger partial charge < -0.3 is 9.26 Å². The third-order valence-electron chi connectivity index (χ3n) is 7.06. The monoisotopic (exact) mass is 371 g/mol. The van der Waals surface area contributed by atoms with Gasteiger partial charge in [-0.15, -0.1) is 0 Å². The van der Waals surface area contributed by atoms with E-state index in [0.29, 0.717) is 0 Å². The van der Waals surface area contributed by atoms with Crippen LogP contribution in [-0.4, -0.2) is 21.1 Å². The molecule has 0 unspecified atom stereocenters. The molecule has 0 saturated heterocycles. The molecule has 0 N–H and O–H groups in total. The van der Waals surface area contributed by atoms with Gasteiger partial charge in [0.25, 0.3) is 0 Å². The lowest BCUT2D eigenvalue weighted by Crippen LogP contribution is -2.42. The van der Waals surface area contributed by atoms with E-state index >= 15 is 0 Å². The standard InChI is InChI=1S/C22H33NO2Si/c1-22-13-12-18-17-9-7-16(25-26(3,4)5)14-15(17)6-8-19(18)20(22)10-11-21(22)23-24-2/h7,9,14,18-20H,6,8,10-13H2,1-5H3/b23-21-/t18-,19-,20+,22+/m1/s1. The molecule has 26 heavy (non-hydrogen) atoms. The molecule has 2 saturated carbocycles. The molecule has 1 aromatic carbocycles. The minimum absolute atomic E-state index is 0.259. The van der Waals surface area contributed by atoms with Crippen molar-refractivity contribution in [1.82, 2.24) is 0 Å². The molecule has 4 atom stereocenters. The van der Waals surface area contributed by atoms with E-state index in [1.54, 1.807) is 12.7 Å². The molecule has 1 aromatic rings. The van der Waals surface area contributed by atoms with Gasteiger partial charge in [-0.3, -0.25) is 0 Å². The molecule has 4 rings (SSSR count). The lowest BCUT2D eigenvalue weighted by Gasteiger charge is -2.49. The van der Waals surface area contributed by atoms with Crippen LogP contribution < -0.4 is 4.43 Å². The summed E-state index contributed by atoms with van der Waals surface area (Å²) in [6.45, 7) is 9.20. The van der Waals surface area contributed by atoms with Crippen molar-refractivity contribution in [2.75, 3.05) is 7.11 Å². The van der Waals surface area contributed by atoms with E-state index in [1.807, 2.05) is 0 Å². The summed E-state index contributed by atoms with van der Waals surface area (Å²) in [7, 11) is 0.141. The van der Waals surface area contributed by atoms with Gasteiger partial charge >= 0.3 is 0 Å². The first kappa shape index (κ1) is 18.1. The summed E-state index contributed by atoms with van der Waals surface area (Å²) in [5, 5.41) is 4.41. The predicted octanol–water partition coefficient (Wildman–Crippen LogP) is 5.76. The number of rotatable bonds is 3. The zero-order valence-corrected chi connectivity index (χ0v) is 18.0. The van der Waals surface area contributed by atoms with Crippen LogP contribution in [0.25, 0.3) is 0 Å². The third kappa shape index (κ3) is 3.00. The second kappa shape index (κ2) is 6.40. The molecular formula is C22H33NO2Si. The number of fused-ring (bicyclic) bond motifs is 5. The average molecular weight is 372 g/mol. The van der Waals surface area contributed by atoms with Gasteiger partial charge in [-0.1, -0.05) is 18.1 Å². The first-order chi connectivity index (χ1) is 12.3. The molecule has 3 aliphatic rings. The molecule has 2 fully saturated rings. The van der Waals surface area contributed by atoms with Crippen LogP contribution in [-0.2, 0) is 11.3 Å². The van der Waals surface area contributed by atoms with Gasteiger partial charge in [0.05, 0.1) is 5.71 Å². The summed E-state index contributed by atoms with van der Waals surface area (Å²) in [4.78, 5) is 5.16. The lowest BCUT2D eigenvalue weighted by molar-refractivity contribution is 0.0924. The number of benzene rings is 1. The molecule has 0 heterocycles. The zero-order valence-electron chi connectivity index (χ0n) is 17.0. The lowest BCUT2D eigenvalue weighted by atomic mass is 9.55. The Labute approximate surface area is 159 Å². The summed E-state index contributed by atoms with van der Waals surface area (Å²) in [5.41, 5.74) is 4.71. The van der Waals surface area contributed by atoms with E-state index < -0.39 is 8.32 Å². The van der Waals surface area contributed by atoms with Crippen molar-refractivity contribution in [2.45, 2.75) is 71.0 Å². The largest absolute Gasteiger partial charge is 0.544 e. The molecule has 0 aliphatic heterocycles. The molecule has 0 spiro atoms. The molecule has 142 valence electrons. The first-order valence-corrected chi connectivity index (χ1v) is 13.6. The highest BCUT2D eigenvalue weighted by Crippen LogP contribution is 2.60. The van der Waals surface area contributed by atoms with Crippen LogP contribution in [0.3, 0.4) is 0 Å². The fraction of sp³-hybridized carbons (Fsp3) is 0.682. The summed E-state index contributed by atoms with van der Waals surface area (Å²) in [5.74, 6) is 3.37. The van der Waals surface area contributed by atoms with Crippen molar-refractivity contribution < 1.29 is 9.26 Å². The van der Waals surface area contributed by atoms with E-state index in [0.717, 1.165) is 29.9 Å². The van der Waals surface area contributed by atoms with Crippen LogP contribution in [0, 0.1) is 17.3 Å². The zero-order chi connectivity index (χ0) is 18.5.